The van der Waals surface area contributed by atoms with Crippen LogP contribution in [0.3, 0.4) is 0 Å². The number of rotatable bonds is 5. The van der Waals surface area contributed by atoms with Crippen molar-refractivity contribution in [1.29, 1.82) is 0 Å². The fraction of sp³-hybridized carbons (Fsp3) is 0.538. The average Bonchev–Trinajstić information content (AvgIpc) is 2.90. The molecular formula is C13H21N3O2S. The molecule has 5 nitrogen and oxygen atoms in total. The predicted molar refractivity (Wildman–Crippen MR) is 76.8 cm³/mol. The number of nitrogens with one attached hydrogen (secondary N) is 2. The van der Waals surface area contributed by atoms with Crippen LogP contribution < -0.4 is 10.6 Å². The van der Waals surface area contributed by atoms with Crippen LogP contribution >= 0.6 is 0 Å². The highest BCUT2D eigenvalue weighted by molar-refractivity contribution is 7.89. The molecule has 0 radical (unpaired) electrons. The Balaban J connectivity index is 1.98. The lowest BCUT2D eigenvalue weighted by Gasteiger charge is -2.13. The number of hydrogen-bond donors (Lipinski definition) is 2. The smallest absolute Gasteiger partial charge is 0.242 e. The molecule has 1 fully saturated rings. The standard InChI is InChI=1S/C13H21N3O2S/c1-16(2)19(17,18)13-5-3-12(4-6-13)15-10-11-7-8-14-9-11/h3-6,11,14-15H,7-10H2,1-2H3. The largest absolute Gasteiger partial charge is 0.385 e. The van der Waals surface area contributed by atoms with Gasteiger partial charge >= 0.3 is 0 Å². The van der Waals surface area contributed by atoms with Gasteiger partial charge in [-0.25, -0.2) is 12.7 Å². The summed E-state index contributed by atoms with van der Waals surface area (Å²) in [6.45, 7) is 3.07. The summed E-state index contributed by atoms with van der Waals surface area (Å²) in [5.74, 6) is 0.658. The van der Waals surface area contributed by atoms with E-state index in [4.69, 9.17) is 0 Å². The second-order valence-corrected chi connectivity index (χ2v) is 7.20. The molecule has 0 amide bonds. The first-order valence-electron chi connectivity index (χ1n) is 6.47. The fourth-order valence-electron chi connectivity index (χ4n) is 2.11. The molecule has 1 aliphatic heterocycles. The second-order valence-electron chi connectivity index (χ2n) is 5.05. The first kappa shape index (κ1) is 14.3. The van der Waals surface area contributed by atoms with Gasteiger partial charge in [0, 0.05) is 26.3 Å². The van der Waals surface area contributed by atoms with Crippen LogP contribution in [0, 0.1) is 5.92 Å². The van der Waals surface area contributed by atoms with Gasteiger partial charge in [0.25, 0.3) is 0 Å². The van der Waals surface area contributed by atoms with Crippen LogP contribution in [-0.2, 0) is 10.0 Å². The lowest BCUT2D eigenvalue weighted by atomic mass is 10.1. The summed E-state index contributed by atoms with van der Waals surface area (Å²) >= 11 is 0. The Morgan fingerprint density at radius 3 is 2.53 bits per heavy atom. The molecule has 0 bridgehead atoms. The minimum atomic E-state index is -3.33. The molecule has 1 aromatic rings. The number of hydrogen-bond acceptors (Lipinski definition) is 4. The molecule has 1 aliphatic rings. The summed E-state index contributed by atoms with van der Waals surface area (Å²) in [5.41, 5.74) is 0.963. The summed E-state index contributed by atoms with van der Waals surface area (Å²) in [5, 5.41) is 6.67. The molecule has 6 heteroatoms. The zero-order valence-corrected chi connectivity index (χ0v) is 12.2. The average molecular weight is 283 g/mol. The molecule has 0 spiro atoms. The Kier molecular flexibility index (Phi) is 4.44. The van der Waals surface area contributed by atoms with Gasteiger partial charge in [-0.2, -0.15) is 0 Å². The van der Waals surface area contributed by atoms with Gasteiger partial charge in [0.05, 0.1) is 4.90 Å². The van der Waals surface area contributed by atoms with Crippen LogP contribution in [0.1, 0.15) is 6.42 Å². The molecule has 106 valence electrons. The summed E-state index contributed by atoms with van der Waals surface area (Å²) in [4.78, 5) is 0.325. The van der Waals surface area contributed by atoms with E-state index in [0.29, 0.717) is 10.8 Å². The fourth-order valence-corrected chi connectivity index (χ4v) is 3.01. The molecule has 1 aromatic carbocycles. The quantitative estimate of drug-likeness (QED) is 0.845. The molecule has 0 aliphatic carbocycles. The normalized spacial score (nSPS) is 19.8. The Morgan fingerprint density at radius 1 is 1.32 bits per heavy atom. The maximum atomic E-state index is 11.9. The number of sulfonamides is 1. The van der Waals surface area contributed by atoms with Crippen LogP contribution in [0.25, 0.3) is 0 Å². The molecule has 2 N–H and O–H groups in total. The van der Waals surface area contributed by atoms with Gasteiger partial charge < -0.3 is 10.6 Å². The minimum Gasteiger partial charge on any atom is -0.385 e. The predicted octanol–water partition coefficient (Wildman–Crippen LogP) is 0.958. The molecule has 19 heavy (non-hydrogen) atoms. The Hall–Kier alpha value is -1.11. The van der Waals surface area contributed by atoms with Crippen molar-refractivity contribution in [3.8, 4) is 0 Å². The van der Waals surface area contributed by atoms with Crippen molar-refractivity contribution in [2.75, 3.05) is 39.0 Å². The maximum Gasteiger partial charge on any atom is 0.242 e. The van der Waals surface area contributed by atoms with E-state index in [1.165, 1.54) is 24.8 Å². The van der Waals surface area contributed by atoms with Crippen LogP contribution in [0.4, 0.5) is 5.69 Å². The summed E-state index contributed by atoms with van der Waals surface area (Å²) in [6, 6.07) is 6.92. The van der Waals surface area contributed by atoms with Crippen LogP contribution in [0.5, 0.6) is 0 Å². The molecule has 1 atom stereocenters. The van der Waals surface area contributed by atoms with Crippen molar-refractivity contribution in [1.82, 2.24) is 9.62 Å². The van der Waals surface area contributed by atoms with Crippen LogP contribution in [0.2, 0.25) is 0 Å². The molecular weight excluding hydrogens is 262 g/mol. The van der Waals surface area contributed by atoms with E-state index in [2.05, 4.69) is 10.6 Å². The van der Waals surface area contributed by atoms with Crippen molar-refractivity contribution in [3.05, 3.63) is 24.3 Å². The van der Waals surface area contributed by atoms with E-state index in [0.717, 1.165) is 25.3 Å². The molecule has 1 saturated heterocycles. The van der Waals surface area contributed by atoms with E-state index >= 15 is 0 Å². The summed E-state index contributed by atoms with van der Waals surface area (Å²) < 4.78 is 25.0. The number of benzene rings is 1. The van der Waals surface area contributed by atoms with Gasteiger partial charge in [0.15, 0.2) is 0 Å². The Bertz CT molecular complexity index is 505. The van der Waals surface area contributed by atoms with E-state index in [9.17, 15) is 8.42 Å². The highest BCUT2D eigenvalue weighted by Gasteiger charge is 2.17. The number of anilines is 1. The van der Waals surface area contributed by atoms with E-state index in [-0.39, 0.29) is 0 Å². The molecule has 1 heterocycles. The topological polar surface area (TPSA) is 61.4 Å². The summed E-state index contributed by atoms with van der Waals surface area (Å²) in [6.07, 6.45) is 1.19. The lowest BCUT2D eigenvalue weighted by Crippen LogP contribution is -2.22. The van der Waals surface area contributed by atoms with E-state index < -0.39 is 10.0 Å². The van der Waals surface area contributed by atoms with Gasteiger partial charge in [0.2, 0.25) is 10.0 Å². The molecule has 0 saturated carbocycles. The summed E-state index contributed by atoms with van der Waals surface area (Å²) in [7, 11) is -0.256. The van der Waals surface area contributed by atoms with E-state index in [1.807, 2.05) is 12.1 Å². The third-order valence-electron chi connectivity index (χ3n) is 3.39. The number of nitrogens with zero attached hydrogens (tertiary/aromatic N) is 1. The Morgan fingerprint density at radius 2 is 2.00 bits per heavy atom. The van der Waals surface area contributed by atoms with Gasteiger partial charge in [-0.1, -0.05) is 0 Å². The molecule has 0 aromatic heterocycles. The lowest BCUT2D eigenvalue weighted by molar-refractivity contribution is 0.521. The van der Waals surface area contributed by atoms with Crippen molar-refractivity contribution in [3.63, 3.8) is 0 Å². The van der Waals surface area contributed by atoms with Crippen molar-refractivity contribution in [2.45, 2.75) is 11.3 Å². The monoisotopic (exact) mass is 283 g/mol. The maximum absolute atomic E-state index is 11.9. The third-order valence-corrected chi connectivity index (χ3v) is 5.22. The van der Waals surface area contributed by atoms with Crippen LogP contribution in [0.15, 0.2) is 29.2 Å². The zero-order valence-electron chi connectivity index (χ0n) is 11.4. The highest BCUT2D eigenvalue weighted by Crippen LogP contribution is 2.17. The van der Waals surface area contributed by atoms with Crippen LogP contribution in [-0.4, -0.2) is 46.5 Å². The third kappa shape index (κ3) is 3.46. The van der Waals surface area contributed by atoms with E-state index in [1.54, 1.807) is 12.1 Å². The SMILES string of the molecule is CN(C)S(=O)(=O)c1ccc(NCC2CCNC2)cc1. The zero-order chi connectivity index (χ0) is 13.9. The molecule has 1 unspecified atom stereocenters. The first-order valence-corrected chi connectivity index (χ1v) is 7.91. The van der Waals surface area contributed by atoms with Gasteiger partial charge in [-0.3, -0.25) is 0 Å². The minimum absolute atomic E-state index is 0.325. The van der Waals surface area contributed by atoms with Crippen molar-refractivity contribution >= 4 is 15.7 Å². The van der Waals surface area contributed by atoms with Crippen molar-refractivity contribution in [2.24, 2.45) is 5.92 Å². The van der Waals surface area contributed by atoms with Gasteiger partial charge in [-0.15, -0.1) is 0 Å². The van der Waals surface area contributed by atoms with Gasteiger partial charge in [-0.05, 0) is 49.7 Å². The second kappa shape index (κ2) is 5.90. The van der Waals surface area contributed by atoms with Gasteiger partial charge in [0.1, 0.15) is 0 Å². The Labute approximate surface area is 115 Å². The molecule has 2 rings (SSSR count). The highest BCUT2D eigenvalue weighted by atomic mass is 32.2. The van der Waals surface area contributed by atoms with Crippen molar-refractivity contribution < 1.29 is 8.42 Å². The first-order chi connectivity index (χ1) is 9.00.